The standard InChI is InChI=1S/C14H16BrNO2/c1-3-18-11-4-5-12(13(15)8-11)14(16-2)10-6-7-17-9-10/h4-9,14,16H,3H2,1-2H3. The molecule has 3 nitrogen and oxygen atoms in total. The lowest BCUT2D eigenvalue weighted by molar-refractivity contribution is 0.340. The molecule has 0 saturated heterocycles. The quantitative estimate of drug-likeness (QED) is 0.913. The maximum absolute atomic E-state index is 5.48. The van der Waals surface area contributed by atoms with Crippen LogP contribution in [0.25, 0.3) is 0 Å². The second-order valence-electron chi connectivity index (χ2n) is 3.89. The molecule has 0 aliphatic rings. The SMILES string of the molecule is CCOc1ccc(C(NC)c2ccoc2)c(Br)c1. The van der Waals surface area contributed by atoms with Crippen LogP contribution < -0.4 is 10.1 Å². The fourth-order valence-electron chi connectivity index (χ4n) is 1.94. The largest absolute Gasteiger partial charge is 0.494 e. The van der Waals surface area contributed by atoms with Gasteiger partial charge < -0.3 is 14.5 Å². The number of furan rings is 1. The predicted octanol–water partition coefficient (Wildman–Crippen LogP) is 3.75. The number of benzene rings is 1. The summed E-state index contributed by atoms with van der Waals surface area (Å²) >= 11 is 3.59. The van der Waals surface area contributed by atoms with Crippen molar-refractivity contribution in [3.05, 3.63) is 52.4 Å². The average Bonchev–Trinajstić information content (AvgIpc) is 2.87. The van der Waals surface area contributed by atoms with Crippen LogP contribution in [0.1, 0.15) is 24.1 Å². The van der Waals surface area contributed by atoms with Gasteiger partial charge in [0.1, 0.15) is 5.75 Å². The van der Waals surface area contributed by atoms with Gasteiger partial charge in [0.15, 0.2) is 0 Å². The van der Waals surface area contributed by atoms with Gasteiger partial charge in [-0.25, -0.2) is 0 Å². The van der Waals surface area contributed by atoms with Gasteiger partial charge in [-0.15, -0.1) is 0 Å². The van der Waals surface area contributed by atoms with Crippen LogP contribution in [0.3, 0.4) is 0 Å². The Morgan fingerprint density at radius 1 is 1.39 bits per heavy atom. The highest BCUT2D eigenvalue weighted by molar-refractivity contribution is 9.10. The molecule has 1 N–H and O–H groups in total. The van der Waals surface area contributed by atoms with E-state index in [0.29, 0.717) is 6.61 Å². The van der Waals surface area contributed by atoms with E-state index in [9.17, 15) is 0 Å². The Labute approximate surface area is 115 Å². The van der Waals surface area contributed by atoms with Crippen molar-refractivity contribution in [1.82, 2.24) is 5.32 Å². The van der Waals surface area contributed by atoms with E-state index < -0.39 is 0 Å². The van der Waals surface area contributed by atoms with Crippen LogP contribution in [0.5, 0.6) is 5.75 Å². The van der Waals surface area contributed by atoms with Crippen molar-refractivity contribution in [1.29, 1.82) is 0 Å². The average molecular weight is 310 g/mol. The van der Waals surface area contributed by atoms with Crippen molar-refractivity contribution >= 4 is 15.9 Å². The Bertz CT molecular complexity index is 497. The fraction of sp³-hybridized carbons (Fsp3) is 0.286. The Balaban J connectivity index is 2.32. The van der Waals surface area contributed by atoms with E-state index in [1.807, 2.05) is 32.2 Å². The molecule has 0 radical (unpaired) electrons. The summed E-state index contributed by atoms with van der Waals surface area (Å²) in [4.78, 5) is 0. The minimum absolute atomic E-state index is 0.105. The third kappa shape index (κ3) is 2.76. The minimum atomic E-state index is 0.105. The fourth-order valence-corrected chi connectivity index (χ4v) is 2.53. The third-order valence-corrected chi connectivity index (χ3v) is 3.45. The molecule has 0 spiro atoms. The summed E-state index contributed by atoms with van der Waals surface area (Å²) in [7, 11) is 1.93. The van der Waals surface area contributed by atoms with Gasteiger partial charge in [0.2, 0.25) is 0 Å². The summed E-state index contributed by atoms with van der Waals surface area (Å²) in [6.07, 6.45) is 3.44. The molecule has 1 aromatic heterocycles. The highest BCUT2D eigenvalue weighted by atomic mass is 79.9. The van der Waals surface area contributed by atoms with E-state index in [4.69, 9.17) is 9.15 Å². The third-order valence-electron chi connectivity index (χ3n) is 2.76. The van der Waals surface area contributed by atoms with Crippen LogP contribution in [0.4, 0.5) is 0 Å². The lowest BCUT2D eigenvalue weighted by Gasteiger charge is -2.17. The van der Waals surface area contributed by atoms with E-state index in [1.54, 1.807) is 12.5 Å². The van der Waals surface area contributed by atoms with Gasteiger partial charge in [0, 0.05) is 10.0 Å². The van der Waals surface area contributed by atoms with E-state index in [1.165, 1.54) is 0 Å². The van der Waals surface area contributed by atoms with E-state index in [-0.39, 0.29) is 6.04 Å². The minimum Gasteiger partial charge on any atom is -0.494 e. The van der Waals surface area contributed by atoms with Crippen molar-refractivity contribution in [2.75, 3.05) is 13.7 Å². The highest BCUT2D eigenvalue weighted by Gasteiger charge is 2.16. The Morgan fingerprint density at radius 2 is 2.22 bits per heavy atom. The van der Waals surface area contributed by atoms with Gasteiger partial charge in [-0.05, 0) is 37.7 Å². The lowest BCUT2D eigenvalue weighted by atomic mass is 10.0. The zero-order valence-corrected chi connectivity index (χ0v) is 12.0. The maximum Gasteiger partial charge on any atom is 0.120 e. The number of hydrogen-bond donors (Lipinski definition) is 1. The second-order valence-corrected chi connectivity index (χ2v) is 4.75. The highest BCUT2D eigenvalue weighted by Crippen LogP contribution is 2.31. The normalized spacial score (nSPS) is 12.4. The van der Waals surface area contributed by atoms with Gasteiger partial charge in [-0.1, -0.05) is 22.0 Å². The lowest BCUT2D eigenvalue weighted by Crippen LogP contribution is -2.17. The monoisotopic (exact) mass is 309 g/mol. The van der Waals surface area contributed by atoms with Gasteiger partial charge in [-0.3, -0.25) is 0 Å². The molecule has 0 fully saturated rings. The van der Waals surface area contributed by atoms with Gasteiger partial charge in [0.25, 0.3) is 0 Å². The summed E-state index contributed by atoms with van der Waals surface area (Å²) in [5.74, 6) is 0.871. The topological polar surface area (TPSA) is 34.4 Å². The summed E-state index contributed by atoms with van der Waals surface area (Å²) in [5.41, 5.74) is 2.25. The van der Waals surface area contributed by atoms with Gasteiger partial charge >= 0.3 is 0 Å². The first-order valence-electron chi connectivity index (χ1n) is 5.88. The molecule has 1 unspecified atom stereocenters. The molecule has 2 rings (SSSR count). The van der Waals surface area contributed by atoms with Crippen molar-refractivity contribution in [3.8, 4) is 5.75 Å². The number of halogens is 1. The first kappa shape index (κ1) is 13.2. The van der Waals surface area contributed by atoms with Crippen LogP contribution in [0, 0.1) is 0 Å². The maximum atomic E-state index is 5.48. The molecule has 96 valence electrons. The molecule has 0 aliphatic carbocycles. The molecule has 1 atom stereocenters. The molecule has 1 aromatic carbocycles. The zero-order valence-electron chi connectivity index (χ0n) is 10.4. The van der Waals surface area contributed by atoms with E-state index in [0.717, 1.165) is 21.3 Å². The molecule has 1 heterocycles. The molecule has 0 amide bonds. The Kier molecular flexibility index (Phi) is 4.44. The van der Waals surface area contributed by atoms with Crippen molar-refractivity contribution in [2.24, 2.45) is 0 Å². The van der Waals surface area contributed by atoms with Crippen LogP contribution in [-0.2, 0) is 0 Å². The van der Waals surface area contributed by atoms with Crippen molar-refractivity contribution in [3.63, 3.8) is 0 Å². The number of ether oxygens (including phenoxy) is 1. The Morgan fingerprint density at radius 3 is 2.78 bits per heavy atom. The summed E-state index contributed by atoms with van der Waals surface area (Å²) in [6.45, 7) is 2.65. The Hall–Kier alpha value is -1.26. The van der Waals surface area contributed by atoms with Crippen molar-refractivity contribution in [2.45, 2.75) is 13.0 Å². The molecule has 0 aliphatic heterocycles. The number of rotatable bonds is 5. The van der Waals surface area contributed by atoms with Crippen LogP contribution in [0.15, 0.2) is 45.7 Å². The first-order chi connectivity index (χ1) is 8.76. The summed E-state index contributed by atoms with van der Waals surface area (Å²) < 4.78 is 11.6. The molecule has 0 bridgehead atoms. The molecular formula is C14H16BrNO2. The number of hydrogen-bond acceptors (Lipinski definition) is 3. The number of nitrogens with one attached hydrogen (secondary N) is 1. The van der Waals surface area contributed by atoms with E-state index in [2.05, 4.69) is 27.3 Å². The van der Waals surface area contributed by atoms with Crippen LogP contribution in [0.2, 0.25) is 0 Å². The molecule has 0 saturated carbocycles. The van der Waals surface area contributed by atoms with Gasteiger partial charge in [-0.2, -0.15) is 0 Å². The second kappa shape index (κ2) is 6.07. The van der Waals surface area contributed by atoms with E-state index >= 15 is 0 Å². The smallest absolute Gasteiger partial charge is 0.120 e. The zero-order chi connectivity index (χ0) is 13.0. The van der Waals surface area contributed by atoms with Crippen LogP contribution >= 0.6 is 15.9 Å². The molecule has 2 aromatic rings. The van der Waals surface area contributed by atoms with Gasteiger partial charge in [0.05, 0.1) is 25.2 Å². The summed E-state index contributed by atoms with van der Waals surface area (Å²) in [6, 6.07) is 8.10. The molecule has 4 heteroatoms. The molecule has 18 heavy (non-hydrogen) atoms. The van der Waals surface area contributed by atoms with Crippen molar-refractivity contribution < 1.29 is 9.15 Å². The molecular weight excluding hydrogens is 294 g/mol. The summed E-state index contributed by atoms with van der Waals surface area (Å²) in [5, 5.41) is 3.28. The van der Waals surface area contributed by atoms with Crippen LogP contribution in [-0.4, -0.2) is 13.7 Å². The predicted molar refractivity (Wildman–Crippen MR) is 74.9 cm³/mol. The first-order valence-corrected chi connectivity index (χ1v) is 6.67.